The summed E-state index contributed by atoms with van der Waals surface area (Å²) in [5, 5.41) is 22.6. The Bertz CT molecular complexity index is 856. The van der Waals surface area contributed by atoms with Crippen molar-refractivity contribution >= 4 is 47.4 Å². The second-order valence-corrected chi connectivity index (χ2v) is 14.2. The zero-order chi connectivity index (χ0) is 28.1. The molecule has 0 saturated carbocycles. The van der Waals surface area contributed by atoms with Crippen LogP contribution >= 0.6 is 24.0 Å². The smallest absolute Gasteiger partial charge is 0.228 e. The minimum Gasteiger partial charge on any atom is -0.392 e. The van der Waals surface area contributed by atoms with Gasteiger partial charge in [0.25, 0.3) is 0 Å². The van der Waals surface area contributed by atoms with E-state index in [1.54, 1.807) is 11.8 Å². The zero-order valence-electron chi connectivity index (χ0n) is 24.0. The molecule has 1 rings (SSSR count). The third-order valence-corrected chi connectivity index (χ3v) is 10.2. The fourth-order valence-corrected chi connectivity index (χ4v) is 6.39. The Kier molecular flexibility index (Phi) is 11.5. The van der Waals surface area contributed by atoms with Gasteiger partial charge in [0, 0.05) is 30.7 Å². The summed E-state index contributed by atoms with van der Waals surface area (Å²) in [4.78, 5) is 28.1. The van der Waals surface area contributed by atoms with Gasteiger partial charge in [-0.15, -0.1) is 0 Å². The van der Waals surface area contributed by atoms with Crippen LogP contribution in [0.2, 0.25) is 11.1 Å². The van der Waals surface area contributed by atoms with Gasteiger partial charge in [0.05, 0.1) is 17.6 Å². The van der Waals surface area contributed by atoms with E-state index in [2.05, 4.69) is 67.1 Å². The first kappa shape index (κ1) is 32.9. The zero-order valence-corrected chi connectivity index (χ0v) is 25.7. The van der Waals surface area contributed by atoms with E-state index < -0.39 is 27.7 Å². The van der Waals surface area contributed by atoms with Crippen LogP contribution in [0.4, 0.5) is 0 Å². The Balaban J connectivity index is 3.21. The quantitative estimate of drug-likeness (QED) is 0.240. The summed E-state index contributed by atoms with van der Waals surface area (Å²) in [6, 6.07) is 2.53. The number of nitrogens with zero attached hydrogens (tertiary/aromatic N) is 2. The fraction of sp³-hybridized carbons (Fsp3) is 0.852. The van der Waals surface area contributed by atoms with Gasteiger partial charge in [-0.25, -0.2) is 0 Å². The number of carbonyl (C=O) groups excluding carboxylic acids is 2. The first-order valence-electron chi connectivity index (χ1n) is 13.1. The molecule has 0 bridgehead atoms. The number of amides is 2. The number of hydrogen-bond donors (Lipinski definition) is 2. The van der Waals surface area contributed by atoms with E-state index in [0.717, 1.165) is 5.75 Å². The standard InChI is InChI=1S/C27H47BN3O3S2/c1-18(2)28-25(7,8)27(10,22(34)30-16-20(4)32)15-19(3)24(5,6)26(9,17-29)12-11-21(33)31-13-14-36-23(31)35/h18-20,32H,11-16H2,1-10H3,(H,30,34). The van der Waals surface area contributed by atoms with E-state index in [-0.39, 0.29) is 36.5 Å². The molecule has 203 valence electrons. The van der Waals surface area contributed by atoms with E-state index in [0.29, 0.717) is 23.7 Å². The lowest BCUT2D eigenvalue weighted by Crippen LogP contribution is -2.52. The van der Waals surface area contributed by atoms with Gasteiger partial charge in [-0.1, -0.05) is 85.2 Å². The Morgan fingerprint density at radius 2 is 1.78 bits per heavy atom. The predicted molar refractivity (Wildman–Crippen MR) is 155 cm³/mol. The van der Waals surface area contributed by atoms with E-state index >= 15 is 0 Å². The molecular formula is C27H47BN3O3S2. The molecule has 0 aliphatic carbocycles. The number of thiocarbonyl (C=S) groups is 1. The summed E-state index contributed by atoms with van der Waals surface area (Å²) >= 11 is 6.82. The molecule has 0 spiro atoms. The second kappa shape index (κ2) is 12.6. The number of nitriles is 1. The molecule has 36 heavy (non-hydrogen) atoms. The van der Waals surface area contributed by atoms with Gasteiger partial charge in [0.2, 0.25) is 11.8 Å². The van der Waals surface area contributed by atoms with Crippen LogP contribution in [-0.4, -0.2) is 58.4 Å². The largest absolute Gasteiger partial charge is 0.392 e. The SMILES string of the molecule is CC(C)[B]C(C)(C)C(C)(CC(C)C(C)(C)C(C)(C#N)CCC(=O)N1CCSC1=S)C(=O)NCC(C)O. The second-order valence-electron chi connectivity index (χ2n) is 12.5. The average molecular weight is 537 g/mol. The molecule has 1 aliphatic heterocycles. The highest BCUT2D eigenvalue weighted by Gasteiger charge is 2.52. The highest BCUT2D eigenvalue weighted by molar-refractivity contribution is 8.23. The number of aliphatic hydroxyl groups is 1. The van der Waals surface area contributed by atoms with Crippen LogP contribution in [0.1, 0.15) is 88.5 Å². The summed E-state index contributed by atoms with van der Waals surface area (Å²) in [6.07, 6.45) is 0.612. The van der Waals surface area contributed by atoms with Gasteiger partial charge < -0.3 is 10.4 Å². The van der Waals surface area contributed by atoms with Crippen molar-refractivity contribution in [3.05, 3.63) is 0 Å². The van der Waals surface area contributed by atoms with Crippen LogP contribution < -0.4 is 5.32 Å². The Morgan fingerprint density at radius 1 is 1.19 bits per heavy atom. The molecule has 1 aliphatic rings. The summed E-state index contributed by atoms with van der Waals surface area (Å²) in [7, 11) is 2.22. The summed E-state index contributed by atoms with van der Waals surface area (Å²) < 4.78 is 0.619. The summed E-state index contributed by atoms with van der Waals surface area (Å²) in [5.74, 6) is 0.980. The van der Waals surface area contributed by atoms with E-state index in [1.807, 2.05) is 13.8 Å². The minimum absolute atomic E-state index is 0.0113. The molecule has 6 nitrogen and oxygen atoms in total. The highest BCUT2D eigenvalue weighted by atomic mass is 32.2. The van der Waals surface area contributed by atoms with Crippen molar-refractivity contribution in [1.82, 2.24) is 10.2 Å². The molecular weight excluding hydrogens is 489 g/mol. The van der Waals surface area contributed by atoms with Crippen molar-refractivity contribution < 1.29 is 14.7 Å². The normalized spacial score (nSPS) is 19.8. The Labute approximate surface area is 230 Å². The average Bonchev–Trinajstić information content (AvgIpc) is 3.19. The number of thioether (sulfide) groups is 1. The lowest BCUT2D eigenvalue weighted by Gasteiger charge is -2.50. The minimum atomic E-state index is -0.778. The number of rotatable bonds is 13. The van der Waals surface area contributed by atoms with Crippen LogP contribution in [-0.2, 0) is 9.59 Å². The number of hydrogen-bond acceptors (Lipinski definition) is 6. The van der Waals surface area contributed by atoms with Gasteiger partial charge in [-0.3, -0.25) is 14.5 Å². The van der Waals surface area contributed by atoms with Gasteiger partial charge in [0.1, 0.15) is 11.6 Å². The van der Waals surface area contributed by atoms with Crippen molar-refractivity contribution in [3.63, 3.8) is 0 Å². The van der Waals surface area contributed by atoms with Crippen molar-refractivity contribution in [3.8, 4) is 6.07 Å². The van der Waals surface area contributed by atoms with Gasteiger partial charge in [-0.2, -0.15) is 5.26 Å². The summed E-state index contributed by atoms with van der Waals surface area (Å²) in [5.41, 5.74) is -2.03. The maximum atomic E-state index is 13.6. The molecule has 1 fully saturated rings. The molecule has 2 N–H and O–H groups in total. The molecule has 0 aromatic carbocycles. The van der Waals surface area contributed by atoms with E-state index in [4.69, 9.17) is 12.2 Å². The van der Waals surface area contributed by atoms with Crippen molar-refractivity contribution in [2.45, 2.75) is 106 Å². The number of carbonyl (C=O) groups is 2. The maximum Gasteiger partial charge on any atom is 0.228 e. The first-order valence-corrected chi connectivity index (χ1v) is 14.4. The molecule has 0 aromatic heterocycles. The van der Waals surface area contributed by atoms with Crippen LogP contribution in [0.15, 0.2) is 0 Å². The molecule has 0 aromatic rings. The Hall–Kier alpha value is -1.11. The number of aliphatic hydroxyl groups excluding tert-OH is 1. The molecule has 2 amide bonds. The highest BCUT2D eigenvalue weighted by Crippen LogP contribution is 2.56. The lowest BCUT2D eigenvalue weighted by molar-refractivity contribution is -0.134. The lowest BCUT2D eigenvalue weighted by atomic mass is 9.38. The molecule has 1 heterocycles. The van der Waals surface area contributed by atoms with Gasteiger partial charge in [0.15, 0.2) is 0 Å². The third kappa shape index (κ3) is 7.48. The molecule has 1 saturated heterocycles. The summed E-state index contributed by atoms with van der Waals surface area (Å²) in [6.45, 7) is 21.1. The van der Waals surface area contributed by atoms with Crippen molar-refractivity contribution in [1.29, 1.82) is 5.26 Å². The molecule has 4 unspecified atom stereocenters. The first-order chi connectivity index (χ1) is 16.3. The molecule has 1 radical (unpaired) electrons. The van der Waals surface area contributed by atoms with Crippen molar-refractivity contribution in [2.75, 3.05) is 18.8 Å². The monoisotopic (exact) mass is 536 g/mol. The maximum absolute atomic E-state index is 13.6. The van der Waals surface area contributed by atoms with Crippen LogP contribution in [0.5, 0.6) is 0 Å². The molecule has 9 heteroatoms. The van der Waals surface area contributed by atoms with Crippen LogP contribution in [0.3, 0.4) is 0 Å². The Morgan fingerprint density at radius 3 is 2.22 bits per heavy atom. The topological polar surface area (TPSA) is 93.4 Å². The van der Waals surface area contributed by atoms with Gasteiger partial charge in [-0.05, 0) is 43.3 Å². The van der Waals surface area contributed by atoms with E-state index in [1.165, 1.54) is 11.8 Å². The fourth-order valence-electron chi connectivity index (χ4n) is 5.15. The number of nitrogens with one attached hydrogen (secondary N) is 1. The van der Waals surface area contributed by atoms with E-state index in [9.17, 15) is 20.0 Å². The van der Waals surface area contributed by atoms with Crippen LogP contribution in [0, 0.1) is 33.5 Å². The molecule has 4 atom stereocenters. The van der Waals surface area contributed by atoms with Gasteiger partial charge >= 0.3 is 0 Å². The van der Waals surface area contributed by atoms with Crippen molar-refractivity contribution in [2.24, 2.45) is 22.2 Å². The predicted octanol–water partition coefficient (Wildman–Crippen LogP) is 5.44. The van der Waals surface area contributed by atoms with Crippen LogP contribution in [0.25, 0.3) is 0 Å². The third-order valence-electron chi connectivity index (χ3n) is 8.75.